The number of aromatic amines is 1. The van der Waals surface area contributed by atoms with E-state index < -0.39 is 0 Å². The molecule has 8 heteroatoms. The first-order valence-electron chi connectivity index (χ1n) is 8.52. The largest absolute Gasteiger partial charge is 0.394 e. The summed E-state index contributed by atoms with van der Waals surface area (Å²) in [4.78, 5) is 19.9. The Balaban J connectivity index is 1.73. The molecule has 0 spiro atoms. The van der Waals surface area contributed by atoms with Gasteiger partial charge >= 0.3 is 0 Å². The molecular weight excluding hydrogens is 344 g/mol. The number of aromatic nitrogens is 5. The number of aliphatic hydroxyl groups is 1. The molecule has 136 valence electrons. The highest BCUT2D eigenvalue weighted by Crippen LogP contribution is 2.24. The van der Waals surface area contributed by atoms with Gasteiger partial charge in [0, 0.05) is 12.3 Å². The molecule has 0 aliphatic heterocycles. The zero-order valence-electron chi connectivity index (χ0n) is 14.6. The topological polar surface area (TPSA) is 109 Å². The molecule has 3 heterocycles. The molecule has 0 saturated heterocycles. The third-order valence-electron chi connectivity index (χ3n) is 4.34. The van der Waals surface area contributed by atoms with Gasteiger partial charge in [0.1, 0.15) is 17.8 Å². The number of rotatable bonds is 5. The molecule has 1 unspecified atom stereocenters. The fraction of sp³-hybridized carbons (Fsp3) is 0.158. The van der Waals surface area contributed by atoms with E-state index in [1.807, 2.05) is 43.3 Å². The van der Waals surface area contributed by atoms with Crippen LogP contribution in [0, 0.1) is 0 Å². The lowest BCUT2D eigenvalue weighted by Gasteiger charge is -2.13. The first-order valence-corrected chi connectivity index (χ1v) is 8.52. The van der Waals surface area contributed by atoms with Crippen LogP contribution in [-0.2, 0) is 0 Å². The van der Waals surface area contributed by atoms with Crippen LogP contribution in [0.3, 0.4) is 0 Å². The summed E-state index contributed by atoms with van der Waals surface area (Å²) < 4.78 is 1.77. The van der Waals surface area contributed by atoms with Crippen molar-refractivity contribution < 1.29 is 5.11 Å². The summed E-state index contributed by atoms with van der Waals surface area (Å²) in [5.41, 5.74) is 1.97. The van der Waals surface area contributed by atoms with Gasteiger partial charge in [-0.15, -0.1) is 10.2 Å². The zero-order valence-corrected chi connectivity index (χ0v) is 14.6. The predicted molar refractivity (Wildman–Crippen MR) is 103 cm³/mol. The minimum Gasteiger partial charge on any atom is -0.394 e. The zero-order chi connectivity index (χ0) is 18.8. The Morgan fingerprint density at radius 3 is 2.93 bits per heavy atom. The van der Waals surface area contributed by atoms with Crippen molar-refractivity contribution in [3.05, 3.63) is 65.2 Å². The summed E-state index contributed by atoms with van der Waals surface area (Å²) in [6.07, 6.45) is 3.20. The fourth-order valence-corrected chi connectivity index (χ4v) is 2.94. The molecular formula is C19H18N6O2. The second-order valence-electron chi connectivity index (χ2n) is 6.20. The molecule has 0 aliphatic carbocycles. The predicted octanol–water partition coefficient (Wildman–Crippen LogP) is 2.48. The molecule has 3 N–H and O–H groups in total. The number of anilines is 2. The normalized spacial score (nSPS) is 12.2. The van der Waals surface area contributed by atoms with Gasteiger partial charge in [-0.25, -0.2) is 4.98 Å². The van der Waals surface area contributed by atoms with Crippen molar-refractivity contribution in [2.45, 2.75) is 13.0 Å². The first-order chi connectivity index (χ1) is 13.2. The number of fused-ring (bicyclic) bond motifs is 1. The Labute approximate surface area is 154 Å². The van der Waals surface area contributed by atoms with Crippen LogP contribution in [0.1, 0.15) is 13.0 Å². The van der Waals surface area contributed by atoms with Crippen molar-refractivity contribution in [1.82, 2.24) is 24.7 Å². The minimum absolute atomic E-state index is 0.0260. The quantitative estimate of drug-likeness (QED) is 0.503. The van der Waals surface area contributed by atoms with E-state index in [0.717, 1.165) is 5.52 Å². The number of hydrogen-bond donors (Lipinski definition) is 3. The van der Waals surface area contributed by atoms with E-state index in [-0.39, 0.29) is 18.1 Å². The number of aliphatic hydroxyl groups excluding tert-OH is 1. The first kappa shape index (κ1) is 16.9. The Morgan fingerprint density at radius 2 is 2.07 bits per heavy atom. The van der Waals surface area contributed by atoms with Gasteiger partial charge in [-0.3, -0.25) is 4.79 Å². The highest BCUT2D eigenvalue weighted by atomic mass is 16.3. The molecule has 3 aromatic heterocycles. The summed E-state index contributed by atoms with van der Waals surface area (Å²) in [6, 6.07) is 12.4. The van der Waals surface area contributed by atoms with Crippen LogP contribution in [-0.4, -0.2) is 36.4 Å². The molecule has 4 rings (SSSR count). The average Bonchev–Trinajstić information content (AvgIpc) is 3.18. The average molecular weight is 362 g/mol. The maximum absolute atomic E-state index is 12.3. The van der Waals surface area contributed by atoms with Gasteiger partial charge in [0.05, 0.1) is 29.2 Å². The van der Waals surface area contributed by atoms with Crippen LogP contribution in [0.15, 0.2) is 59.8 Å². The van der Waals surface area contributed by atoms with E-state index >= 15 is 0 Å². The van der Waals surface area contributed by atoms with Gasteiger partial charge in [0.25, 0.3) is 0 Å². The third kappa shape index (κ3) is 3.18. The Bertz CT molecular complexity index is 1140. The molecule has 8 nitrogen and oxygen atoms in total. The van der Waals surface area contributed by atoms with Crippen molar-refractivity contribution in [3.8, 4) is 11.5 Å². The molecule has 4 aromatic rings. The number of pyridine rings is 2. The maximum atomic E-state index is 12.3. The second-order valence-corrected chi connectivity index (χ2v) is 6.20. The highest BCUT2D eigenvalue weighted by molar-refractivity contribution is 5.92. The number of benzene rings is 1. The molecule has 0 aliphatic rings. The van der Waals surface area contributed by atoms with Crippen molar-refractivity contribution in [2.75, 3.05) is 11.9 Å². The van der Waals surface area contributed by atoms with Gasteiger partial charge in [-0.1, -0.05) is 12.1 Å². The number of H-pyrrole nitrogens is 1. The van der Waals surface area contributed by atoms with Crippen molar-refractivity contribution in [2.24, 2.45) is 0 Å². The van der Waals surface area contributed by atoms with E-state index in [2.05, 4.69) is 25.5 Å². The van der Waals surface area contributed by atoms with Crippen LogP contribution in [0.25, 0.3) is 22.4 Å². The molecule has 0 amide bonds. The monoisotopic (exact) mass is 362 g/mol. The van der Waals surface area contributed by atoms with Crippen LogP contribution in [0.2, 0.25) is 0 Å². The molecule has 0 fully saturated rings. The lowest BCUT2D eigenvalue weighted by molar-refractivity contribution is 0.239. The Morgan fingerprint density at radius 1 is 1.22 bits per heavy atom. The van der Waals surface area contributed by atoms with Crippen molar-refractivity contribution in [1.29, 1.82) is 0 Å². The second kappa shape index (κ2) is 7.00. The van der Waals surface area contributed by atoms with E-state index in [1.165, 1.54) is 6.07 Å². The number of hydrogen-bond acceptors (Lipinski definition) is 6. The van der Waals surface area contributed by atoms with E-state index in [1.54, 1.807) is 17.1 Å². The van der Waals surface area contributed by atoms with Gasteiger partial charge < -0.3 is 20.0 Å². The smallest absolute Gasteiger partial charge is 0.191 e. The van der Waals surface area contributed by atoms with Gasteiger partial charge in [-0.2, -0.15) is 0 Å². The molecule has 27 heavy (non-hydrogen) atoms. The lowest BCUT2D eigenvalue weighted by atomic mass is 10.1. The molecule has 0 saturated carbocycles. The Hall–Kier alpha value is -3.52. The molecule has 1 aromatic carbocycles. The molecule has 0 bridgehead atoms. The standard InChI is InChI=1S/C19H18N6O2/c1-12(10-26)25-11-21-24-19(25)15-6-3-7-17(23-15)22-14-5-2-4-13-18(14)16(27)8-9-20-13/h2-9,11-12,26H,10H2,1H3,(H,20,27)(H,22,23). The van der Waals surface area contributed by atoms with Crippen LogP contribution < -0.4 is 10.7 Å². The summed E-state index contributed by atoms with van der Waals surface area (Å²) >= 11 is 0. The van der Waals surface area contributed by atoms with Crippen LogP contribution >= 0.6 is 0 Å². The van der Waals surface area contributed by atoms with Crippen LogP contribution in [0.5, 0.6) is 0 Å². The molecule has 0 radical (unpaired) electrons. The summed E-state index contributed by atoms with van der Waals surface area (Å²) in [5, 5.41) is 21.3. The highest BCUT2D eigenvalue weighted by Gasteiger charge is 2.14. The third-order valence-corrected chi connectivity index (χ3v) is 4.34. The number of nitrogens with zero attached hydrogens (tertiary/aromatic N) is 4. The SMILES string of the molecule is CC(CO)n1cnnc1-c1cccc(Nc2cccc3[nH]ccc(=O)c23)n1. The van der Waals surface area contributed by atoms with Gasteiger partial charge in [-0.05, 0) is 31.2 Å². The van der Waals surface area contributed by atoms with Crippen LogP contribution in [0.4, 0.5) is 11.5 Å². The van der Waals surface area contributed by atoms with Crippen molar-refractivity contribution in [3.63, 3.8) is 0 Å². The number of nitrogens with one attached hydrogen (secondary N) is 2. The summed E-state index contributed by atoms with van der Waals surface area (Å²) in [6.45, 7) is 1.85. The fourth-order valence-electron chi connectivity index (χ4n) is 2.94. The van der Waals surface area contributed by atoms with E-state index in [0.29, 0.717) is 28.4 Å². The Kier molecular flexibility index (Phi) is 4.39. The van der Waals surface area contributed by atoms with Gasteiger partial charge in [0.15, 0.2) is 11.3 Å². The lowest BCUT2D eigenvalue weighted by Crippen LogP contribution is -2.10. The molecule has 1 atom stereocenters. The van der Waals surface area contributed by atoms with Gasteiger partial charge in [0.2, 0.25) is 0 Å². The summed E-state index contributed by atoms with van der Waals surface area (Å²) in [5.74, 6) is 1.14. The van der Waals surface area contributed by atoms with E-state index in [4.69, 9.17) is 0 Å². The van der Waals surface area contributed by atoms with E-state index in [9.17, 15) is 9.90 Å². The summed E-state index contributed by atoms with van der Waals surface area (Å²) in [7, 11) is 0. The minimum atomic E-state index is -0.162. The maximum Gasteiger partial charge on any atom is 0.191 e. The van der Waals surface area contributed by atoms with Crippen molar-refractivity contribution >= 4 is 22.4 Å².